The minimum atomic E-state index is -0.362. The highest BCUT2D eigenvalue weighted by Crippen LogP contribution is 2.36. The molecule has 0 amide bonds. The molecule has 1 atom stereocenters. The van der Waals surface area contributed by atoms with Crippen molar-refractivity contribution in [1.82, 2.24) is 44.8 Å². The van der Waals surface area contributed by atoms with E-state index in [1.165, 1.54) is 10.7 Å². The number of aromatic amines is 1. The van der Waals surface area contributed by atoms with Gasteiger partial charge >= 0.3 is 0 Å². The summed E-state index contributed by atoms with van der Waals surface area (Å²) in [7, 11) is 1.54. The Kier molecular flexibility index (Phi) is 6.10. The van der Waals surface area contributed by atoms with Crippen molar-refractivity contribution < 1.29 is 4.74 Å². The minimum absolute atomic E-state index is 0.238. The van der Waals surface area contributed by atoms with Crippen molar-refractivity contribution in [1.29, 1.82) is 0 Å². The lowest BCUT2D eigenvalue weighted by molar-refractivity contribution is 0.405. The minimum Gasteiger partial charge on any atom is -0.495 e. The summed E-state index contributed by atoms with van der Waals surface area (Å²) in [6.07, 6.45) is 8.95. The fourth-order valence-electron chi connectivity index (χ4n) is 3.90. The molecule has 1 aromatic carbocycles. The zero-order valence-corrected chi connectivity index (χ0v) is 20.1. The Balaban J connectivity index is 1.61. The van der Waals surface area contributed by atoms with Gasteiger partial charge in [0.15, 0.2) is 5.15 Å². The first-order valence-corrected chi connectivity index (χ1v) is 11.3. The second-order valence-electron chi connectivity index (χ2n) is 7.62. The van der Waals surface area contributed by atoms with E-state index in [0.717, 1.165) is 5.69 Å². The largest absolute Gasteiger partial charge is 0.495 e. The van der Waals surface area contributed by atoms with Crippen LogP contribution in [-0.4, -0.2) is 51.9 Å². The molecule has 178 valence electrons. The molecule has 0 saturated heterocycles. The van der Waals surface area contributed by atoms with Crippen molar-refractivity contribution in [3.8, 4) is 28.3 Å². The quantitative estimate of drug-likeness (QED) is 0.353. The van der Waals surface area contributed by atoms with E-state index >= 15 is 0 Å². The number of pyridine rings is 1. The fraction of sp³-hybridized carbons (Fsp3) is 0.182. The number of H-pyrrole nitrogens is 1. The van der Waals surface area contributed by atoms with Crippen LogP contribution in [-0.2, 0) is 0 Å². The van der Waals surface area contributed by atoms with E-state index in [9.17, 15) is 4.79 Å². The van der Waals surface area contributed by atoms with Gasteiger partial charge in [-0.25, -0.2) is 9.36 Å². The molecular weight excluding hydrogens is 493 g/mol. The number of hydrogen-bond acceptors (Lipinski definition) is 7. The zero-order chi connectivity index (χ0) is 24.5. The Bertz CT molecular complexity index is 1540. The van der Waals surface area contributed by atoms with E-state index in [1.807, 2.05) is 6.92 Å². The second-order valence-corrected chi connectivity index (χ2v) is 8.44. The number of benzene rings is 1. The van der Waals surface area contributed by atoms with Crippen LogP contribution in [0.4, 0.5) is 0 Å². The molecule has 0 aliphatic heterocycles. The van der Waals surface area contributed by atoms with Gasteiger partial charge in [0.05, 0.1) is 43.6 Å². The van der Waals surface area contributed by atoms with E-state index in [-0.39, 0.29) is 16.8 Å². The first-order chi connectivity index (χ1) is 17.0. The normalized spacial score (nSPS) is 12.1. The Labute approximate surface area is 208 Å². The van der Waals surface area contributed by atoms with Crippen molar-refractivity contribution >= 4 is 23.2 Å². The third kappa shape index (κ3) is 4.31. The van der Waals surface area contributed by atoms with E-state index < -0.39 is 0 Å². The second kappa shape index (κ2) is 9.35. The van der Waals surface area contributed by atoms with Crippen LogP contribution in [0.2, 0.25) is 10.2 Å². The lowest BCUT2D eigenvalue weighted by Gasteiger charge is -2.19. The lowest BCUT2D eigenvalue weighted by Crippen LogP contribution is -2.25. The average molecular weight is 512 g/mol. The molecule has 5 rings (SSSR count). The molecule has 0 fully saturated rings. The number of nitrogens with one attached hydrogen (secondary N) is 1. The van der Waals surface area contributed by atoms with Gasteiger partial charge in [-0.05, 0) is 24.6 Å². The summed E-state index contributed by atoms with van der Waals surface area (Å²) >= 11 is 12.3. The maximum absolute atomic E-state index is 13.4. The van der Waals surface area contributed by atoms with Gasteiger partial charge in [-0.15, -0.1) is 10.2 Å². The molecule has 1 unspecified atom stereocenters. The standard InChI is InChI=1S/C22H19Cl2N9O2/c1-3-18(17-10-32(29-27-17)14-8-25-26-9-14)31-11-20(35-2)16(7-22(31)34)15-6-13(23)4-5-19(15)33-12-21(24)28-30-33/h4-12,18H,3H2,1-2H3,(H,25,26). The number of ether oxygens (including phenoxy) is 1. The Hall–Kier alpha value is -3.96. The zero-order valence-electron chi connectivity index (χ0n) is 18.6. The summed E-state index contributed by atoms with van der Waals surface area (Å²) in [6, 6.07) is 6.38. The third-order valence-electron chi connectivity index (χ3n) is 5.55. The smallest absolute Gasteiger partial charge is 0.252 e. The highest BCUT2D eigenvalue weighted by molar-refractivity contribution is 6.31. The first-order valence-electron chi connectivity index (χ1n) is 10.6. The number of halogens is 2. The summed E-state index contributed by atoms with van der Waals surface area (Å²) in [6.45, 7) is 1.97. The van der Waals surface area contributed by atoms with E-state index in [1.54, 1.807) is 65.5 Å². The molecule has 0 bridgehead atoms. The van der Waals surface area contributed by atoms with Gasteiger partial charge in [0.25, 0.3) is 5.56 Å². The van der Waals surface area contributed by atoms with E-state index in [0.29, 0.717) is 39.7 Å². The SMILES string of the molecule is CCC(c1cn(-c2cn[nH]c2)nn1)n1cc(OC)c(-c2cc(Cl)ccc2-n2cc(Cl)nn2)cc1=O. The van der Waals surface area contributed by atoms with Crippen LogP contribution >= 0.6 is 23.2 Å². The van der Waals surface area contributed by atoms with Crippen LogP contribution in [0.15, 0.2) is 60.0 Å². The maximum atomic E-state index is 13.4. The van der Waals surface area contributed by atoms with Gasteiger partial charge in [-0.3, -0.25) is 9.89 Å². The molecule has 4 aromatic heterocycles. The maximum Gasteiger partial charge on any atom is 0.252 e. The highest BCUT2D eigenvalue weighted by atomic mass is 35.5. The number of aromatic nitrogens is 9. The summed E-state index contributed by atoms with van der Waals surface area (Å²) in [5.74, 6) is 0.472. The number of nitrogens with zero attached hydrogens (tertiary/aromatic N) is 8. The van der Waals surface area contributed by atoms with Crippen LogP contribution in [0.1, 0.15) is 25.1 Å². The van der Waals surface area contributed by atoms with Gasteiger partial charge in [-0.2, -0.15) is 5.10 Å². The molecule has 0 saturated carbocycles. The fourth-order valence-corrected chi connectivity index (χ4v) is 4.20. The molecule has 11 nitrogen and oxygen atoms in total. The lowest BCUT2D eigenvalue weighted by atomic mass is 10.0. The van der Waals surface area contributed by atoms with Crippen molar-refractivity contribution in [2.24, 2.45) is 0 Å². The van der Waals surface area contributed by atoms with Crippen molar-refractivity contribution in [2.45, 2.75) is 19.4 Å². The summed E-state index contributed by atoms with van der Waals surface area (Å²) in [5.41, 5.74) is 2.95. The number of rotatable bonds is 7. The summed E-state index contributed by atoms with van der Waals surface area (Å²) in [5, 5.41) is 23.7. The van der Waals surface area contributed by atoms with Crippen LogP contribution in [0.3, 0.4) is 0 Å². The van der Waals surface area contributed by atoms with Crippen molar-refractivity contribution in [2.75, 3.05) is 7.11 Å². The van der Waals surface area contributed by atoms with Crippen LogP contribution < -0.4 is 10.3 Å². The molecule has 13 heteroatoms. The third-order valence-corrected chi connectivity index (χ3v) is 5.96. The molecule has 5 aromatic rings. The van der Waals surface area contributed by atoms with E-state index in [4.69, 9.17) is 27.9 Å². The topological polar surface area (TPSA) is 121 Å². The monoisotopic (exact) mass is 511 g/mol. The van der Waals surface area contributed by atoms with Crippen LogP contribution in [0.25, 0.3) is 22.5 Å². The Morgan fingerprint density at radius 2 is 1.89 bits per heavy atom. The Morgan fingerprint density at radius 3 is 2.57 bits per heavy atom. The first kappa shape index (κ1) is 22.8. The number of methoxy groups -OCH3 is 1. The molecule has 35 heavy (non-hydrogen) atoms. The number of hydrogen-bond donors (Lipinski definition) is 1. The van der Waals surface area contributed by atoms with Gasteiger partial charge in [0.1, 0.15) is 17.1 Å². The van der Waals surface area contributed by atoms with Gasteiger partial charge < -0.3 is 9.30 Å². The molecule has 0 aliphatic rings. The molecule has 4 heterocycles. The van der Waals surface area contributed by atoms with Crippen molar-refractivity contribution in [3.05, 3.63) is 81.5 Å². The predicted octanol–water partition coefficient (Wildman–Crippen LogP) is 3.71. The molecule has 0 radical (unpaired) electrons. The molecule has 0 aliphatic carbocycles. The molecule has 0 spiro atoms. The van der Waals surface area contributed by atoms with Gasteiger partial charge in [-0.1, -0.05) is 40.6 Å². The summed E-state index contributed by atoms with van der Waals surface area (Å²) in [4.78, 5) is 13.4. The molecule has 1 N–H and O–H groups in total. The average Bonchev–Trinajstić information content (AvgIpc) is 3.62. The van der Waals surface area contributed by atoms with Gasteiger partial charge in [0.2, 0.25) is 0 Å². The summed E-state index contributed by atoms with van der Waals surface area (Å²) < 4.78 is 10.4. The van der Waals surface area contributed by atoms with Crippen LogP contribution in [0.5, 0.6) is 5.75 Å². The molecular formula is C22H19Cl2N9O2. The highest BCUT2D eigenvalue weighted by Gasteiger charge is 2.22. The van der Waals surface area contributed by atoms with Gasteiger partial charge in [0, 0.05) is 28.4 Å². The predicted molar refractivity (Wildman–Crippen MR) is 130 cm³/mol. The van der Waals surface area contributed by atoms with Crippen LogP contribution in [0, 0.1) is 0 Å². The Morgan fingerprint density at radius 1 is 1.06 bits per heavy atom. The van der Waals surface area contributed by atoms with Crippen molar-refractivity contribution in [3.63, 3.8) is 0 Å². The van der Waals surface area contributed by atoms with E-state index in [2.05, 4.69) is 30.8 Å².